The van der Waals surface area contributed by atoms with Gasteiger partial charge in [0.15, 0.2) is 0 Å². The van der Waals surface area contributed by atoms with Crippen LogP contribution in [-0.4, -0.2) is 0 Å². The molecule has 362 valence electrons. The van der Waals surface area contributed by atoms with E-state index in [1.165, 1.54) is 132 Å². The summed E-state index contributed by atoms with van der Waals surface area (Å²) in [6.45, 7) is 4.57. The first kappa shape index (κ1) is 46.0. The highest BCUT2D eigenvalue weighted by Crippen LogP contribution is 2.50. The fraction of sp³-hybridized carbons (Fsp3) is 0.0390. The van der Waals surface area contributed by atoms with E-state index in [0.717, 1.165) is 16.7 Å². The summed E-state index contributed by atoms with van der Waals surface area (Å²) in [5.74, 6) is 0.407. The molecule has 0 radical (unpaired) electrons. The van der Waals surface area contributed by atoms with Crippen molar-refractivity contribution in [3.05, 3.63) is 291 Å². The molecule has 0 heterocycles. The number of rotatable bonds is 9. The van der Waals surface area contributed by atoms with Crippen LogP contribution >= 0.6 is 0 Å². The Morgan fingerprint density at radius 2 is 0.506 bits per heavy atom. The van der Waals surface area contributed by atoms with Gasteiger partial charge in [-0.2, -0.15) is 0 Å². The summed E-state index contributed by atoms with van der Waals surface area (Å²) < 4.78 is 0. The van der Waals surface area contributed by atoms with Gasteiger partial charge in [-0.1, -0.05) is 250 Å². The third kappa shape index (κ3) is 8.46. The second kappa shape index (κ2) is 19.3. The maximum absolute atomic E-state index is 2.53. The SMILES string of the molecule is CC(C)c1cccc(-c2c3ccccc3c(-c3cc(-c4cccc(-c5ccc6ccccc6c5)c4)c(-c4cccc(-c5ccc6ccccc6c5)c4)cc3-c3cccc(-c4ccc5ccccc5c4)c3)c3ccccc23)c1. The zero-order valence-corrected chi connectivity index (χ0v) is 43.2. The molecule has 0 aliphatic heterocycles. The van der Waals surface area contributed by atoms with Crippen molar-refractivity contribution in [2.24, 2.45) is 0 Å². The molecule has 0 fully saturated rings. The lowest BCUT2D eigenvalue weighted by atomic mass is 9.80. The van der Waals surface area contributed by atoms with Gasteiger partial charge in [-0.3, -0.25) is 0 Å². The zero-order valence-electron chi connectivity index (χ0n) is 43.2. The highest BCUT2D eigenvalue weighted by molar-refractivity contribution is 6.23. The van der Waals surface area contributed by atoms with Crippen LogP contribution in [0.25, 0.3) is 143 Å². The van der Waals surface area contributed by atoms with Crippen LogP contribution < -0.4 is 0 Å². The predicted molar refractivity (Wildman–Crippen MR) is 332 cm³/mol. The normalized spacial score (nSPS) is 11.6. The van der Waals surface area contributed by atoms with Crippen molar-refractivity contribution in [3.8, 4) is 89.0 Å². The largest absolute Gasteiger partial charge is 0.0616 e. The number of hydrogen-bond acceptors (Lipinski definition) is 0. The van der Waals surface area contributed by atoms with Crippen LogP contribution in [0, 0.1) is 0 Å². The van der Waals surface area contributed by atoms with Gasteiger partial charge < -0.3 is 0 Å². The van der Waals surface area contributed by atoms with Gasteiger partial charge in [0.2, 0.25) is 0 Å². The lowest BCUT2D eigenvalue weighted by molar-refractivity contribution is 0.867. The number of hydrogen-bond donors (Lipinski definition) is 0. The quantitative estimate of drug-likeness (QED) is 0.126. The molecule has 0 amide bonds. The molecule has 0 N–H and O–H groups in total. The van der Waals surface area contributed by atoms with Crippen LogP contribution in [-0.2, 0) is 0 Å². The number of fused-ring (bicyclic) bond motifs is 5. The molecular weight excluding hydrogens is 925 g/mol. The molecule has 77 heavy (non-hydrogen) atoms. The molecule has 0 unspecified atom stereocenters. The van der Waals surface area contributed by atoms with Crippen LogP contribution in [0.5, 0.6) is 0 Å². The van der Waals surface area contributed by atoms with Gasteiger partial charge >= 0.3 is 0 Å². The Morgan fingerprint density at radius 1 is 0.195 bits per heavy atom. The highest BCUT2D eigenvalue weighted by atomic mass is 14.3. The van der Waals surface area contributed by atoms with Gasteiger partial charge in [-0.15, -0.1) is 0 Å². The Labute approximate surface area is 450 Å². The summed E-state index contributed by atoms with van der Waals surface area (Å²) in [5.41, 5.74) is 20.4. The van der Waals surface area contributed by atoms with Crippen molar-refractivity contribution in [3.63, 3.8) is 0 Å². The van der Waals surface area contributed by atoms with E-state index in [0.29, 0.717) is 5.92 Å². The third-order valence-electron chi connectivity index (χ3n) is 16.0. The first-order valence-electron chi connectivity index (χ1n) is 27.0. The maximum atomic E-state index is 2.53. The minimum absolute atomic E-state index is 0.407. The fourth-order valence-corrected chi connectivity index (χ4v) is 12.0. The van der Waals surface area contributed by atoms with E-state index in [-0.39, 0.29) is 0 Å². The summed E-state index contributed by atoms with van der Waals surface area (Å²) >= 11 is 0. The van der Waals surface area contributed by atoms with Gasteiger partial charge in [0, 0.05) is 0 Å². The van der Waals surface area contributed by atoms with Crippen molar-refractivity contribution in [2.75, 3.05) is 0 Å². The van der Waals surface area contributed by atoms with Crippen LogP contribution in [0.2, 0.25) is 0 Å². The summed E-state index contributed by atoms with van der Waals surface area (Å²) in [6, 6.07) is 107. The second-order valence-electron chi connectivity index (χ2n) is 21.0. The Balaban J connectivity index is 1.07. The first-order valence-corrected chi connectivity index (χ1v) is 27.0. The Morgan fingerprint density at radius 3 is 0.922 bits per heavy atom. The highest BCUT2D eigenvalue weighted by Gasteiger charge is 2.23. The Hall–Kier alpha value is -9.62. The molecule has 0 spiro atoms. The molecule has 0 nitrogen and oxygen atoms in total. The fourth-order valence-electron chi connectivity index (χ4n) is 12.0. The van der Waals surface area contributed by atoms with Crippen molar-refractivity contribution in [1.29, 1.82) is 0 Å². The van der Waals surface area contributed by atoms with E-state index in [1.54, 1.807) is 0 Å². The molecule has 0 bridgehead atoms. The van der Waals surface area contributed by atoms with Gasteiger partial charge in [0.25, 0.3) is 0 Å². The van der Waals surface area contributed by atoms with E-state index >= 15 is 0 Å². The average molecular weight is 979 g/mol. The third-order valence-corrected chi connectivity index (χ3v) is 16.0. The summed E-state index contributed by atoms with van der Waals surface area (Å²) in [4.78, 5) is 0. The molecule has 14 rings (SSSR count). The molecule has 0 aromatic heterocycles. The lowest BCUT2D eigenvalue weighted by Crippen LogP contribution is -1.96. The monoisotopic (exact) mass is 978 g/mol. The van der Waals surface area contributed by atoms with Gasteiger partial charge in [-0.05, 0) is 203 Å². The molecule has 0 atom stereocenters. The van der Waals surface area contributed by atoms with Gasteiger partial charge in [0.1, 0.15) is 0 Å². The first-order chi connectivity index (χ1) is 38.0. The van der Waals surface area contributed by atoms with Crippen LogP contribution in [0.4, 0.5) is 0 Å². The summed E-state index contributed by atoms with van der Waals surface area (Å²) in [7, 11) is 0. The Bertz CT molecular complexity index is 4550. The van der Waals surface area contributed by atoms with Crippen molar-refractivity contribution in [2.45, 2.75) is 19.8 Å². The van der Waals surface area contributed by atoms with E-state index in [2.05, 4.69) is 299 Å². The molecule has 0 aliphatic carbocycles. The molecule has 14 aromatic carbocycles. The number of benzene rings is 14. The molecule has 0 aliphatic rings. The Kier molecular flexibility index (Phi) is 11.5. The van der Waals surface area contributed by atoms with Gasteiger partial charge in [-0.25, -0.2) is 0 Å². The van der Waals surface area contributed by atoms with Crippen LogP contribution in [0.15, 0.2) is 285 Å². The topological polar surface area (TPSA) is 0 Å². The van der Waals surface area contributed by atoms with E-state index in [4.69, 9.17) is 0 Å². The maximum Gasteiger partial charge on any atom is -0.00199 e. The van der Waals surface area contributed by atoms with Crippen molar-refractivity contribution in [1.82, 2.24) is 0 Å². The molecule has 0 heteroatoms. The summed E-state index contributed by atoms with van der Waals surface area (Å²) in [5, 5.41) is 12.4. The lowest BCUT2D eigenvalue weighted by Gasteiger charge is -2.23. The van der Waals surface area contributed by atoms with Crippen molar-refractivity contribution >= 4 is 53.9 Å². The van der Waals surface area contributed by atoms with Crippen LogP contribution in [0.1, 0.15) is 25.3 Å². The molecular formula is C77H54. The standard InChI is InChI=1S/C77H54/c1-50(2)54-23-13-30-67(41-54)76-68-31-9-11-33-70(68)77(71-34-12-10-32-69(71)76)75-49-73(65-28-15-25-59(46-65)62-39-36-52-18-4-7-21-56(52)43-62)72(64-27-14-24-58(45-64)61-38-35-51-17-3-6-20-55(51)42-61)48-74(75)66-29-16-26-60(47-66)63-40-37-53-19-5-8-22-57(53)44-63/h3-50H,1-2H3. The van der Waals surface area contributed by atoms with E-state index < -0.39 is 0 Å². The second-order valence-corrected chi connectivity index (χ2v) is 21.0. The molecule has 0 saturated heterocycles. The van der Waals surface area contributed by atoms with Crippen molar-refractivity contribution < 1.29 is 0 Å². The minimum Gasteiger partial charge on any atom is -0.0616 e. The minimum atomic E-state index is 0.407. The predicted octanol–water partition coefficient (Wildman–Crippen LogP) is 21.9. The average Bonchev–Trinajstić information content (AvgIpc) is 3.52. The zero-order chi connectivity index (χ0) is 51.4. The van der Waals surface area contributed by atoms with Crippen LogP contribution in [0.3, 0.4) is 0 Å². The summed E-state index contributed by atoms with van der Waals surface area (Å²) in [6.07, 6.45) is 0. The van der Waals surface area contributed by atoms with Gasteiger partial charge in [0.05, 0.1) is 0 Å². The van der Waals surface area contributed by atoms with E-state index in [9.17, 15) is 0 Å². The molecule has 0 saturated carbocycles. The smallest absolute Gasteiger partial charge is 0.00199 e. The molecule has 14 aromatic rings. The van der Waals surface area contributed by atoms with E-state index in [1.807, 2.05) is 0 Å².